The Balaban J connectivity index is 3.26. The summed E-state index contributed by atoms with van der Waals surface area (Å²) in [5.41, 5.74) is 6.67. The first-order valence-corrected chi connectivity index (χ1v) is 7.63. The predicted molar refractivity (Wildman–Crippen MR) is 76.7 cm³/mol. The van der Waals surface area contributed by atoms with Gasteiger partial charge in [0.25, 0.3) is 0 Å². The van der Waals surface area contributed by atoms with Crippen molar-refractivity contribution >= 4 is 21.4 Å². The fourth-order valence-electron chi connectivity index (χ4n) is 1.83. The normalized spacial score (nSPS) is 11.5. The van der Waals surface area contributed by atoms with Gasteiger partial charge < -0.3 is 15.7 Å². The number of sulfonamides is 1. The van der Waals surface area contributed by atoms with E-state index in [0.29, 0.717) is 30.9 Å². The molecule has 0 saturated carbocycles. The number of benzene rings is 1. The van der Waals surface area contributed by atoms with E-state index in [4.69, 9.17) is 10.8 Å². The Hall–Kier alpha value is -1.31. The van der Waals surface area contributed by atoms with Gasteiger partial charge in [-0.3, -0.25) is 0 Å². The quantitative estimate of drug-likeness (QED) is 0.630. The zero-order valence-corrected chi connectivity index (χ0v) is 12.1. The Kier molecular flexibility index (Phi) is 5.59. The second kappa shape index (κ2) is 6.74. The number of nitrogens with one attached hydrogen (secondary N) is 1. The van der Waals surface area contributed by atoms with Crippen molar-refractivity contribution in [1.29, 1.82) is 0 Å². The van der Waals surface area contributed by atoms with E-state index in [1.165, 1.54) is 13.1 Å². The van der Waals surface area contributed by atoms with Crippen molar-refractivity contribution in [2.24, 2.45) is 0 Å². The van der Waals surface area contributed by atoms with Crippen LogP contribution in [0.25, 0.3) is 0 Å². The van der Waals surface area contributed by atoms with Crippen molar-refractivity contribution in [1.82, 2.24) is 4.72 Å². The maximum Gasteiger partial charge on any atom is 0.242 e. The summed E-state index contributed by atoms with van der Waals surface area (Å²) in [7, 11) is -2.20. The van der Waals surface area contributed by atoms with E-state index >= 15 is 0 Å². The smallest absolute Gasteiger partial charge is 0.242 e. The van der Waals surface area contributed by atoms with Gasteiger partial charge in [-0.2, -0.15) is 0 Å². The molecule has 6 nitrogen and oxygen atoms in total. The fourth-order valence-corrected chi connectivity index (χ4v) is 2.81. The van der Waals surface area contributed by atoms with E-state index in [1.54, 1.807) is 12.1 Å². The van der Waals surface area contributed by atoms with Crippen LogP contribution >= 0.6 is 0 Å². The first kappa shape index (κ1) is 15.7. The minimum absolute atomic E-state index is 0.0690. The largest absolute Gasteiger partial charge is 0.399 e. The van der Waals surface area contributed by atoms with Gasteiger partial charge in [0.05, 0.1) is 5.69 Å². The van der Waals surface area contributed by atoms with Gasteiger partial charge in [0.1, 0.15) is 4.90 Å². The number of anilines is 2. The Morgan fingerprint density at radius 2 is 2.11 bits per heavy atom. The molecular formula is C12H21N3O3S. The molecule has 19 heavy (non-hydrogen) atoms. The van der Waals surface area contributed by atoms with E-state index in [0.717, 1.165) is 0 Å². The third-order valence-corrected chi connectivity index (χ3v) is 4.29. The zero-order chi connectivity index (χ0) is 14.5. The second-order valence-corrected chi connectivity index (χ2v) is 5.95. The van der Waals surface area contributed by atoms with Crippen LogP contribution in [0.5, 0.6) is 0 Å². The van der Waals surface area contributed by atoms with Crippen molar-refractivity contribution in [2.45, 2.75) is 18.2 Å². The standard InChI is InChI=1S/C12H21N3O3S/c1-3-15(7-4-8-16)11-6-5-10(13)9-12(11)19(17,18)14-2/h5-6,9,14,16H,3-4,7-8,13H2,1-2H3. The van der Waals surface area contributed by atoms with Crippen LogP contribution in [-0.2, 0) is 10.0 Å². The molecule has 0 atom stereocenters. The molecule has 7 heteroatoms. The molecule has 0 saturated heterocycles. The number of hydrogen-bond donors (Lipinski definition) is 3. The lowest BCUT2D eigenvalue weighted by molar-refractivity contribution is 0.289. The average Bonchev–Trinajstić information content (AvgIpc) is 2.40. The summed E-state index contributed by atoms with van der Waals surface area (Å²) in [6.07, 6.45) is 0.581. The summed E-state index contributed by atoms with van der Waals surface area (Å²) in [5.74, 6) is 0. The topological polar surface area (TPSA) is 95.7 Å². The van der Waals surface area contributed by atoms with E-state index in [2.05, 4.69) is 4.72 Å². The predicted octanol–water partition coefficient (Wildman–Crippen LogP) is 0.386. The summed E-state index contributed by atoms with van der Waals surface area (Å²) >= 11 is 0. The van der Waals surface area contributed by atoms with Gasteiger partial charge in [-0.25, -0.2) is 13.1 Å². The van der Waals surface area contributed by atoms with Gasteiger partial charge in [0.2, 0.25) is 10.0 Å². The van der Waals surface area contributed by atoms with Crippen molar-refractivity contribution in [3.8, 4) is 0 Å². The minimum Gasteiger partial charge on any atom is -0.399 e. The maximum atomic E-state index is 12.0. The summed E-state index contributed by atoms with van der Waals surface area (Å²) in [6, 6.07) is 4.81. The first-order valence-electron chi connectivity index (χ1n) is 6.15. The van der Waals surface area contributed by atoms with Gasteiger partial charge in [-0.05, 0) is 38.6 Å². The van der Waals surface area contributed by atoms with Crippen LogP contribution in [-0.4, -0.2) is 40.3 Å². The highest BCUT2D eigenvalue weighted by Gasteiger charge is 2.20. The van der Waals surface area contributed by atoms with Crippen LogP contribution in [0.2, 0.25) is 0 Å². The van der Waals surface area contributed by atoms with E-state index in [-0.39, 0.29) is 11.5 Å². The van der Waals surface area contributed by atoms with Crippen LogP contribution in [0, 0.1) is 0 Å². The van der Waals surface area contributed by atoms with Gasteiger partial charge in [0.15, 0.2) is 0 Å². The Bertz CT molecular complexity index is 517. The van der Waals surface area contributed by atoms with Crippen molar-refractivity contribution in [2.75, 3.05) is 37.4 Å². The number of nitrogens with zero attached hydrogens (tertiary/aromatic N) is 1. The third kappa shape index (κ3) is 3.82. The molecule has 0 unspecified atom stereocenters. The minimum atomic E-state index is -3.57. The fraction of sp³-hybridized carbons (Fsp3) is 0.500. The van der Waals surface area contributed by atoms with Crippen LogP contribution < -0.4 is 15.4 Å². The Labute approximate surface area is 114 Å². The van der Waals surface area contributed by atoms with E-state index in [9.17, 15) is 8.42 Å². The first-order chi connectivity index (χ1) is 8.96. The number of rotatable bonds is 7. The summed E-state index contributed by atoms with van der Waals surface area (Å²) in [5, 5.41) is 8.90. The number of nitrogens with two attached hydrogens (primary N) is 1. The highest BCUT2D eigenvalue weighted by atomic mass is 32.2. The lowest BCUT2D eigenvalue weighted by Gasteiger charge is -2.25. The SMILES string of the molecule is CCN(CCCO)c1ccc(N)cc1S(=O)(=O)NC. The van der Waals surface area contributed by atoms with Gasteiger partial charge in [0, 0.05) is 25.4 Å². The summed E-state index contributed by atoms with van der Waals surface area (Å²) in [6.45, 7) is 3.24. The second-order valence-electron chi connectivity index (χ2n) is 4.09. The third-order valence-electron chi connectivity index (χ3n) is 2.85. The maximum absolute atomic E-state index is 12.0. The Morgan fingerprint density at radius 1 is 1.42 bits per heavy atom. The monoisotopic (exact) mass is 287 g/mol. The molecule has 1 aromatic rings. The molecule has 108 valence electrons. The molecule has 0 spiro atoms. The molecule has 0 bridgehead atoms. The Morgan fingerprint density at radius 3 is 2.63 bits per heavy atom. The lowest BCUT2D eigenvalue weighted by Crippen LogP contribution is -2.28. The summed E-state index contributed by atoms with van der Waals surface area (Å²) in [4.78, 5) is 2.06. The van der Waals surface area contributed by atoms with Gasteiger partial charge in [-0.1, -0.05) is 0 Å². The molecule has 0 amide bonds. The molecule has 0 fully saturated rings. The van der Waals surface area contributed by atoms with Gasteiger partial charge >= 0.3 is 0 Å². The molecule has 0 aliphatic rings. The van der Waals surface area contributed by atoms with Crippen LogP contribution in [0.3, 0.4) is 0 Å². The molecule has 0 aliphatic carbocycles. The molecule has 0 heterocycles. The van der Waals surface area contributed by atoms with Gasteiger partial charge in [-0.15, -0.1) is 0 Å². The number of hydrogen-bond acceptors (Lipinski definition) is 5. The molecule has 4 N–H and O–H groups in total. The van der Waals surface area contributed by atoms with Crippen molar-refractivity contribution < 1.29 is 13.5 Å². The number of nitrogen functional groups attached to an aromatic ring is 1. The molecule has 0 aliphatic heterocycles. The average molecular weight is 287 g/mol. The lowest BCUT2D eigenvalue weighted by atomic mass is 10.2. The van der Waals surface area contributed by atoms with Crippen LogP contribution in [0.1, 0.15) is 13.3 Å². The molecule has 0 aromatic heterocycles. The number of aliphatic hydroxyl groups excluding tert-OH is 1. The van der Waals surface area contributed by atoms with Crippen molar-refractivity contribution in [3.05, 3.63) is 18.2 Å². The highest BCUT2D eigenvalue weighted by molar-refractivity contribution is 7.89. The van der Waals surface area contributed by atoms with E-state index in [1.807, 2.05) is 11.8 Å². The molecular weight excluding hydrogens is 266 g/mol. The summed E-state index contributed by atoms with van der Waals surface area (Å²) < 4.78 is 26.4. The van der Waals surface area contributed by atoms with Crippen LogP contribution in [0.4, 0.5) is 11.4 Å². The molecule has 0 radical (unpaired) electrons. The van der Waals surface area contributed by atoms with E-state index < -0.39 is 10.0 Å². The van der Waals surface area contributed by atoms with Crippen molar-refractivity contribution in [3.63, 3.8) is 0 Å². The highest BCUT2D eigenvalue weighted by Crippen LogP contribution is 2.27. The van der Waals surface area contributed by atoms with Crippen LogP contribution in [0.15, 0.2) is 23.1 Å². The zero-order valence-electron chi connectivity index (χ0n) is 11.3. The molecule has 1 aromatic carbocycles. The number of aliphatic hydroxyl groups is 1. The molecule has 1 rings (SSSR count).